The lowest BCUT2D eigenvalue weighted by Gasteiger charge is -2.11. The van der Waals surface area contributed by atoms with Crippen molar-refractivity contribution in [3.05, 3.63) is 54.1 Å². The van der Waals surface area contributed by atoms with Crippen molar-refractivity contribution >= 4 is 21.6 Å². The van der Waals surface area contributed by atoms with Gasteiger partial charge in [0.25, 0.3) is 10.0 Å². The summed E-state index contributed by atoms with van der Waals surface area (Å²) in [6.45, 7) is 0. The molecule has 0 radical (unpaired) electrons. The lowest BCUT2D eigenvalue weighted by molar-refractivity contribution is -0.127. The molecule has 1 N–H and O–H groups in total. The van der Waals surface area contributed by atoms with E-state index in [0.717, 1.165) is 5.56 Å². The van der Waals surface area contributed by atoms with E-state index in [-0.39, 0.29) is 17.2 Å². The normalized spacial score (nSPS) is 11.0. The average Bonchev–Trinajstić information content (AvgIpc) is 2.56. The Bertz CT molecular complexity index is 815. The minimum Gasteiger partial charge on any atom is -0.497 e. The smallest absolute Gasteiger partial charge is 0.262 e. The van der Waals surface area contributed by atoms with Gasteiger partial charge in [0.15, 0.2) is 0 Å². The van der Waals surface area contributed by atoms with E-state index in [2.05, 4.69) is 4.72 Å². The van der Waals surface area contributed by atoms with Crippen LogP contribution in [0.1, 0.15) is 5.56 Å². The van der Waals surface area contributed by atoms with Crippen LogP contribution in [0.3, 0.4) is 0 Å². The van der Waals surface area contributed by atoms with Gasteiger partial charge >= 0.3 is 0 Å². The highest BCUT2D eigenvalue weighted by atomic mass is 32.2. The second-order valence-electron chi connectivity index (χ2n) is 5.45. The van der Waals surface area contributed by atoms with Gasteiger partial charge in [-0.05, 0) is 29.8 Å². The molecule has 128 valence electrons. The highest BCUT2D eigenvalue weighted by Crippen LogP contribution is 2.20. The maximum Gasteiger partial charge on any atom is 0.262 e. The van der Waals surface area contributed by atoms with E-state index in [0.29, 0.717) is 11.4 Å². The first-order chi connectivity index (χ1) is 11.3. The Labute approximate surface area is 142 Å². The number of nitrogens with one attached hydrogen (secondary N) is 1. The van der Waals surface area contributed by atoms with Crippen LogP contribution in [-0.2, 0) is 21.2 Å². The summed E-state index contributed by atoms with van der Waals surface area (Å²) in [7, 11) is 1.17. The fraction of sp³-hybridized carbons (Fsp3) is 0.235. The quantitative estimate of drug-likeness (QED) is 0.868. The molecule has 0 spiro atoms. The number of carbonyl (C=O) groups excluding carboxylic acids is 1. The minimum atomic E-state index is -3.70. The SMILES string of the molecule is COc1cccc(S(=O)(=O)Nc2ccc(CC(=O)N(C)C)cc2)c1. The minimum absolute atomic E-state index is 0.0142. The van der Waals surface area contributed by atoms with Crippen molar-refractivity contribution in [3.63, 3.8) is 0 Å². The average molecular weight is 348 g/mol. The van der Waals surface area contributed by atoms with Gasteiger partial charge in [-0.1, -0.05) is 18.2 Å². The van der Waals surface area contributed by atoms with Gasteiger partial charge in [0.2, 0.25) is 5.91 Å². The van der Waals surface area contributed by atoms with Crippen LogP contribution in [-0.4, -0.2) is 40.4 Å². The van der Waals surface area contributed by atoms with Crippen LogP contribution < -0.4 is 9.46 Å². The van der Waals surface area contributed by atoms with Crippen molar-refractivity contribution in [2.45, 2.75) is 11.3 Å². The monoisotopic (exact) mass is 348 g/mol. The number of carbonyl (C=O) groups is 1. The van der Waals surface area contributed by atoms with Crippen LogP contribution in [0.25, 0.3) is 0 Å². The number of methoxy groups -OCH3 is 1. The number of nitrogens with zero attached hydrogens (tertiary/aromatic N) is 1. The first-order valence-electron chi connectivity index (χ1n) is 7.28. The Morgan fingerprint density at radius 3 is 2.38 bits per heavy atom. The van der Waals surface area contributed by atoms with Crippen molar-refractivity contribution in [2.75, 3.05) is 25.9 Å². The molecule has 0 aromatic heterocycles. The van der Waals surface area contributed by atoms with Crippen LogP contribution in [0.4, 0.5) is 5.69 Å². The predicted molar refractivity (Wildman–Crippen MR) is 92.6 cm³/mol. The van der Waals surface area contributed by atoms with Gasteiger partial charge in [-0.2, -0.15) is 0 Å². The summed E-state index contributed by atoms with van der Waals surface area (Å²) in [5, 5.41) is 0. The van der Waals surface area contributed by atoms with Crippen molar-refractivity contribution in [3.8, 4) is 5.75 Å². The molecule has 6 nitrogen and oxygen atoms in total. The number of ether oxygens (including phenoxy) is 1. The Kier molecular flexibility index (Phi) is 5.46. The molecule has 0 saturated carbocycles. The summed E-state index contributed by atoms with van der Waals surface area (Å²) in [6, 6.07) is 13.0. The van der Waals surface area contributed by atoms with E-state index >= 15 is 0 Å². The largest absolute Gasteiger partial charge is 0.497 e. The second-order valence-corrected chi connectivity index (χ2v) is 7.13. The van der Waals surface area contributed by atoms with Crippen LogP contribution in [0, 0.1) is 0 Å². The van der Waals surface area contributed by atoms with Gasteiger partial charge in [-0.25, -0.2) is 8.42 Å². The van der Waals surface area contributed by atoms with Crippen molar-refractivity contribution in [1.29, 1.82) is 0 Å². The molecule has 1 amide bonds. The van der Waals surface area contributed by atoms with Crippen LogP contribution in [0.2, 0.25) is 0 Å². The number of sulfonamides is 1. The number of benzene rings is 2. The second kappa shape index (κ2) is 7.35. The first kappa shape index (κ1) is 17.8. The molecule has 2 aromatic carbocycles. The third-order valence-corrected chi connectivity index (χ3v) is 4.79. The van der Waals surface area contributed by atoms with Gasteiger partial charge in [0, 0.05) is 25.8 Å². The van der Waals surface area contributed by atoms with Gasteiger partial charge in [0.05, 0.1) is 18.4 Å². The summed E-state index contributed by atoms with van der Waals surface area (Å²) >= 11 is 0. The van der Waals surface area contributed by atoms with Crippen molar-refractivity contribution < 1.29 is 17.9 Å². The Morgan fingerprint density at radius 2 is 1.79 bits per heavy atom. The summed E-state index contributed by atoms with van der Waals surface area (Å²) in [5.74, 6) is 0.454. The van der Waals surface area contributed by atoms with Crippen LogP contribution >= 0.6 is 0 Å². The molecule has 0 fully saturated rings. The lowest BCUT2D eigenvalue weighted by Crippen LogP contribution is -2.23. The molecule has 7 heteroatoms. The van der Waals surface area contributed by atoms with E-state index in [1.165, 1.54) is 24.1 Å². The third-order valence-electron chi connectivity index (χ3n) is 3.41. The molecule has 0 bridgehead atoms. The summed E-state index contributed by atoms with van der Waals surface area (Å²) in [5.41, 5.74) is 1.25. The fourth-order valence-corrected chi connectivity index (χ4v) is 3.10. The number of hydrogen-bond donors (Lipinski definition) is 1. The zero-order valence-corrected chi connectivity index (χ0v) is 14.6. The van der Waals surface area contributed by atoms with E-state index in [1.54, 1.807) is 50.5 Å². The standard InChI is InChI=1S/C17H20N2O4S/c1-19(2)17(20)11-13-7-9-14(10-8-13)18-24(21,22)16-6-4-5-15(12-16)23-3/h4-10,12,18H,11H2,1-3H3. The maximum absolute atomic E-state index is 12.4. The van der Waals surface area contributed by atoms with Gasteiger partial charge in [0.1, 0.15) is 5.75 Å². The molecule has 0 aliphatic heterocycles. The molecule has 2 rings (SSSR count). The number of hydrogen-bond acceptors (Lipinski definition) is 4. The summed E-state index contributed by atoms with van der Waals surface area (Å²) in [6.07, 6.45) is 0.274. The number of rotatable bonds is 6. The van der Waals surface area contributed by atoms with E-state index < -0.39 is 10.0 Å². The molecule has 0 aliphatic rings. The number of anilines is 1. The number of likely N-dealkylation sites (N-methyl/N-ethyl adjacent to an activating group) is 1. The molecule has 0 saturated heterocycles. The number of amides is 1. The molecule has 2 aromatic rings. The van der Waals surface area contributed by atoms with E-state index in [9.17, 15) is 13.2 Å². The fourth-order valence-electron chi connectivity index (χ4n) is 2.01. The molecule has 0 unspecified atom stereocenters. The van der Waals surface area contributed by atoms with E-state index in [4.69, 9.17) is 4.74 Å². The zero-order chi connectivity index (χ0) is 17.7. The third kappa shape index (κ3) is 4.48. The van der Waals surface area contributed by atoms with Gasteiger partial charge < -0.3 is 9.64 Å². The Balaban J connectivity index is 2.13. The summed E-state index contributed by atoms with van der Waals surface area (Å²) in [4.78, 5) is 13.3. The maximum atomic E-state index is 12.4. The van der Waals surface area contributed by atoms with Crippen LogP contribution in [0.5, 0.6) is 5.75 Å². The van der Waals surface area contributed by atoms with Gasteiger partial charge in [-0.15, -0.1) is 0 Å². The highest BCUT2D eigenvalue weighted by Gasteiger charge is 2.15. The molecule has 0 aliphatic carbocycles. The topological polar surface area (TPSA) is 75.7 Å². The van der Waals surface area contributed by atoms with Crippen molar-refractivity contribution in [1.82, 2.24) is 4.90 Å². The van der Waals surface area contributed by atoms with Crippen LogP contribution in [0.15, 0.2) is 53.4 Å². The van der Waals surface area contributed by atoms with Crippen molar-refractivity contribution in [2.24, 2.45) is 0 Å². The lowest BCUT2D eigenvalue weighted by atomic mass is 10.1. The highest BCUT2D eigenvalue weighted by molar-refractivity contribution is 7.92. The molecule has 24 heavy (non-hydrogen) atoms. The zero-order valence-electron chi connectivity index (χ0n) is 13.8. The molecule has 0 heterocycles. The Morgan fingerprint density at radius 1 is 1.12 bits per heavy atom. The predicted octanol–water partition coefficient (Wildman–Crippen LogP) is 2.13. The first-order valence-corrected chi connectivity index (χ1v) is 8.76. The summed E-state index contributed by atoms with van der Waals surface area (Å²) < 4.78 is 32.3. The molecular weight excluding hydrogens is 328 g/mol. The molecule has 0 atom stereocenters. The van der Waals surface area contributed by atoms with Gasteiger partial charge in [-0.3, -0.25) is 9.52 Å². The molecular formula is C17H20N2O4S. The van der Waals surface area contributed by atoms with E-state index in [1.807, 2.05) is 0 Å². The Hall–Kier alpha value is -2.54.